The molecule has 0 aromatic carbocycles. The molecular weight excluding hydrogens is 1560 g/mol. The van der Waals surface area contributed by atoms with Crippen molar-refractivity contribution in [2.75, 3.05) is 13.1 Å². The summed E-state index contributed by atoms with van der Waals surface area (Å²) in [4.78, 5) is 133. The Morgan fingerprint density at radius 2 is 0.770 bits per heavy atom. The summed E-state index contributed by atoms with van der Waals surface area (Å²) in [5, 5.41) is 9.19. The number of ketones is 8. The molecule has 1 aromatic heterocycles. The summed E-state index contributed by atoms with van der Waals surface area (Å²) in [5.74, 6) is -5.96. The van der Waals surface area contributed by atoms with Gasteiger partial charge in [0.15, 0.2) is 46.3 Å². The molecule has 17 nitrogen and oxygen atoms in total. The molecule has 1 amide bonds. The van der Waals surface area contributed by atoms with Gasteiger partial charge in [-0.05, 0) is 237 Å². The average molecular weight is 1830 g/mol. The minimum Gasteiger partial charge on any atom is -0.417 e. The second-order valence-electron chi connectivity index (χ2n) is 46.8. The van der Waals surface area contributed by atoms with Crippen molar-refractivity contribution in [2.24, 2.45) is 151 Å². The Hall–Kier alpha value is -7.58. The number of amides is 1. The van der Waals surface area contributed by atoms with E-state index >= 15 is 0 Å². The van der Waals surface area contributed by atoms with Crippen molar-refractivity contribution in [2.45, 2.75) is 298 Å². The summed E-state index contributed by atoms with van der Waals surface area (Å²) in [6, 6.07) is 0. The number of nitrogens with two attached hydrogens (primary N) is 1. The minimum atomic E-state index is -5.08. The molecule has 0 bridgehead atoms. The van der Waals surface area contributed by atoms with E-state index in [0.717, 1.165) is 93.8 Å². The van der Waals surface area contributed by atoms with Crippen molar-refractivity contribution < 1.29 is 141 Å². The van der Waals surface area contributed by atoms with Crippen molar-refractivity contribution in [1.29, 1.82) is 0 Å². The van der Waals surface area contributed by atoms with Gasteiger partial charge in [-0.3, -0.25) is 28.8 Å². The van der Waals surface area contributed by atoms with E-state index in [-0.39, 0.29) is 140 Å². The Kier molecular flexibility index (Phi) is 15.1. The van der Waals surface area contributed by atoms with Gasteiger partial charge in [-0.1, -0.05) is 180 Å². The maximum atomic E-state index is 14.6. The maximum absolute atomic E-state index is 14.6. The van der Waals surface area contributed by atoms with Crippen molar-refractivity contribution in [3.8, 4) is 0 Å². The normalized spacial score (nSPS) is 44.4. The molecular formula is C99H173F6N7O10. The molecule has 1 aromatic rings. The van der Waals surface area contributed by atoms with Crippen LogP contribution in [0.1, 0.15) is 359 Å². The maximum Gasteiger partial charge on any atom is 0.471 e. The fourth-order valence-electron chi connectivity index (χ4n) is 31.3. The second-order valence-corrected chi connectivity index (χ2v) is 46.8. The Bertz CT molecular complexity index is 5240. The smallest absolute Gasteiger partial charge is 0.417 e. The molecule has 23 heteroatoms. The number of nitrogens with one attached hydrogen (secondary N) is 1. The first kappa shape index (κ1) is 65.9. The molecule has 9 fully saturated rings. The number of nitrogens with zero attached hydrogens (tertiary/aromatic N) is 5. The SMILES string of the molecule is [3HH].[3H][3H].[3H][3H].[3H][3H].[3H][3H].[3H][3H].[3H][3H].[3H][3H].[3H][3H].[3H][3H].[3H][3H].[3H][3H].[3H][3H].[3H][3H].[3H][3H].[3H][3H].[3H][3H].[3H][3H].[3H][3H].[3H][3H].[3H][3H].[3H][3H].[3H][3H].[C-]#[N+]C1=C[C@]2(C)C3=CC(=O)[C@@H]4[C@@H]5CC(C)(C)CC[C@]5(C(=O)CN)CC[C@@]4(C)[C@]3(C)CC[C@H]2C(C)(C)C1=O.[C-]#[N+]C1=C[C@]2(C)C3=CC(=O)[C@@H]4[C@@H]5CC(C)(C)CC[C@]5(C(=O)CNC(=O)C(F)(F)F)CC[C@@]4(C)[C@]3(C)CC[C@H]2C(C)(C)C1=O.[C-]#[N+]C1=C[C@]2(C)C3=CC(=O)[C@@H]4[C@@H]5CC(C)(C)CC[C@]5(c5nnc(C(F)(F)F)o5)CC[C@@]4(C)[C@]3(C)CC[C@H]2C(C)(C)C1=O. The van der Waals surface area contributed by atoms with E-state index in [1.807, 2.05) is 59.8 Å². The van der Waals surface area contributed by atoms with Crippen LogP contribution in [0.3, 0.4) is 0 Å². The first-order chi connectivity index (χ1) is 77.9. The van der Waals surface area contributed by atoms with Crippen molar-refractivity contribution in [3.05, 3.63) is 116 Å². The van der Waals surface area contributed by atoms with Crippen LogP contribution in [-0.2, 0) is 54.7 Å². The molecule has 706 valence electrons. The number of hydrogen-bond acceptors (Lipinski definition) is 13. The van der Waals surface area contributed by atoms with E-state index in [9.17, 15) is 69.5 Å². The van der Waals surface area contributed by atoms with Crippen LogP contribution in [0.5, 0.6) is 0 Å². The summed E-state index contributed by atoms with van der Waals surface area (Å²) < 4.78 is 305. The van der Waals surface area contributed by atoms with Gasteiger partial charge in [-0.15, -0.1) is 10.2 Å². The Morgan fingerprint density at radius 1 is 0.459 bits per heavy atom. The fraction of sp³-hybridized carbons (Fsp3) is 0.737. The minimum absolute atomic E-state index is 0. The number of aromatic nitrogens is 2. The largest absolute Gasteiger partial charge is 0.471 e. The van der Waals surface area contributed by atoms with Gasteiger partial charge in [0.1, 0.15) is 0 Å². The van der Waals surface area contributed by atoms with E-state index in [1.54, 1.807) is 23.5 Å². The second kappa shape index (κ2) is 28.0. The lowest BCUT2D eigenvalue weighted by molar-refractivity contribution is -0.179. The molecule has 0 radical (unpaired) electrons. The van der Waals surface area contributed by atoms with Crippen LogP contribution < -0.4 is 11.1 Å². The number of rotatable bonds is 6. The number of halogens is 6. The number of carbonyl (C=O) groups excluding carboxylic acids is 9. The molecule has 21 atom stereocenters. The summed E-state index contributed by atoms with van der Waals surface area (Å²) in [6.45, 7) is 67.0. The van der Waals surface area contributed by atoms with E-state index in [2.05, 4.69) is 129 Å². The third-order valence-corrected chi connectivity index (χ3v) is 38.6. The standard InChI is InChI=1S/C34H43F3N2O4.C33H40F3N3O3.C32H44N2O3.23H2/c1-28(2)11-13-33(24(41)18-39-27(43)34(35,36)37)14-12-32(7)25(19(33)16-28)21(40)15-23-30(5)17-20(38-8)26(42)29(3,4)22(30)9-10-31(23,32)6;1-27(2)11-13-32(25-38-39-26(42-25)33(34,35)36)14-12-31(7)23(18(32)16-27)20(40)15-22-29(5)17-19(37-8)24(41)28(3,4)21(29)9-10-30(22,31)6;1-27(2)11-13-32(24(36)18-33)14-12-31(7)25(19(32)16-27)21(35)15-23-29(5)17-20(34-8)26(37)28(3,4)22(29)9-10-30(23,31)6;;;;;;;;;;;;;;;;;;;;;;;/h15,17,19,22,25H,9-14,16,18H2,1-7H3,(H,39,43);15,17-18,21,23H,9-14,16H2,1-7H3;15,17,19,22,25H,9-14,16,18,33H2,1-7H3;23*1H/t19-,22-,25-,30-,31+,32+,33-;18-,21-,23-,29-,30+,31+,32-;19-,22-,25-,29-,30+,31+,32-;;;;;;;;;;;;;;;;;;;;;;;/m000......................./s1/i;;;22*1+2T;1+2. The van der Waals surface area contributed by atoms with E-state index < -0.39 is 119 Å². The monoisotopic (exact) mass is 1820 g/mol. The van der Waals surface area contributed by atoms with Gasteiger partial charge in [0, 0.05) is 128 Å². The number of hydrogen-bond donors (Lipinski definition) is 2. The number of carbonyl (C=O) groups is 9. The molecule has 0 unspecified atom stereocenters. The molecule has 0 aliphatic heterocycles. The molecule has 15 aliphatic carbocycles. The lowest BCUT2D eigenvalue weighted by Crippen LogP contribution is -2.66. The van der Waals surface area contributed by atoms with Gasteiger partial charge in [-0.25, -0.2) is 14.5 Å². The first-order valence-corrected chi connectivity index (χ1v) is 44.7. The van der Waals surface area contributed by atoms with Gasteiger partial charge in [0.05, 0.1) is 38.2 Å². The molecule has 122 heavy (non-hydrogen) atoms. The quantitative estimate of drug-likeness (QED) is 0.199. The zero-order chi connectivity index (χ0) is 134. The summed E-state index contributed by atoms with van der Waals surface area (Å²) in [7, 11) is 0. The Labute approximate surface area is 785 Å². The summed E-state index contributed by atoms with van der Waals surface area (Å²) in [6.07, 6.45) is 16.2. The molecule has 3 N–H and O–H groups in total. The number of Topliss-reactive ketones (excluding diaryl/α,β-unsaturated/α-hetero) is 5. The highest BCUT2D eigenvalue weighted by Crippen LogP contribution is 2.80. The van der Waals surface area contributed by atoms with E-state index in [1.165, 1.54) is 0 Å². The average Bonchev–Trinajstić information content (AvgIpc) is 1.61. The van der Waals surface area contributed by atoms with Crippen molar-refractivity contribution in [1.82, 2.24) is 15.5 Å². The van der Waals surface area contributed by atoms with E-state index in [0.29, 0.717) is 57.8 Å². The van der Waals surface area contributed by atoms with Crippen LogP contribution in [0.2, 0.25) is 0 Å². The highest BCUT2D eigenvalue weighted by molar-refractivity contribution is 6.06. The van der Waals surface area contributed by atoms with Gasteiger partial charge in [-0.2, -0.15) is 26.3 Å². The van der Waals surface area contributed by atoms with Crippen molar-refractivity contribution in [3.63, 3.8) is 0 Å². The molecule has 9 saturated carbocycles. The van der Waals surface area contributed by atoms with Crippen LogP contribution in [0.4, 0.5) is 26.3 Å². The molecule has 16 rings (SSSR count). The molecule has 0 saturated heterocycles. The fourth-order valence-corrected chi connectivity index (χ4v) is 31.3. The summed E-state index contributed by atoms with van der Waals surface area (Å²) >= 11 is 0. The zero-order valence-corrected chi connectivity index (χ0v) is 75.6. The summed E-state index contributed by atoms with van der Waals surface area (Å²) in [5.41, 5.74) is 0.573. The van der Waals surface area contributed by atoms with Crippen molar-refractivity contribution >= 4 is 52.2 Å². The molecule has 1 heterocycles. The number of allylic oxidation sites excluding steroid dienone is 12. The Balaban J connectivity index is -0.000000236. The lowest BCUT2D eigenvalue weighted by Gasteiger charge is -2.69. The Morgan fingerprint density at radius 3 is 1.10 bits per heavy atom. The zero-order valence-electron chi connectivity index (χ0n) is 120. The van der Waals surface area contributed by atoms with Crippen LogP contribution in [0.25, 0.3) is 14.5 Å². The van der Waals surface area contributed by atoms with E-state index in [4.69, 9.17) is 95.2 Å². The first-order valence-electron chi connectivity index (χ1n) is 66.7. The predicted molar refractivity (Wildman–Crippen MR) is 495 cm³/mol. The third kappa shape index (κ3) is 12.4. The molecule has 0 spiro atoms. The van der Waals surface area contributed by atoms with Crippen LogP contribution >= 0.6 is 0 Å². The van der Waals surface area contributed by atoms with Crippen LogP contribution in [-0.4, -0.2) is 81.6 Å². The highest BCUT2D eigenvalue weighted by Gasteiger charge is 2.76. The highest BCUT2D eigenvalue weighted by atomic mass is 19.4. The van der Waals surface area contributed by atoms with Gasteiger partial charge < -0.3 is 29.9 Å². The predicted octanol–water partition coefficient (Wildman–Crippen LogP) is 26.5. The third-order valence-electron chi connectivity index (χ3n) is 38.6. The lowest BCUT2D eigenvalue weighted by atomic mass is 9.34. The number of alkyl halides is 6. The van der Waals surface area contributed by atoms with Gasteiger partial charge in [0.2, 0.25) is 23.0 Å². The number of fused-ring (bicyclic) bond motifs is 21. The molecule has 15 aliphatic rings. The topological polar surface area (TPSA) is 244 Å². The van der Waals surface area contributed by atoms with Gasteiger partial charge >= 0.3 is 24.2 Å². The van der Waals surface area contributed by atoms with Crippen LogP contribution in [0, 0.1) is 165 Å². The van der Waals surface area contributed by atoms with Gasteiger partial charge in [0.25, 0.3) is 0 Å². The van der Waals surface area contributed by atoms with Crippen LogP contribution in [0.15, 0.2) is 74.7 Å².